The fourth-order valence-electron chi connectivity index (χ4n) is 2.01. The van der Waals surface area contributed by atoms with Gasteiger partial charge in [0.15, 0.2) is 5.78 Å². The number of hydrogen-bond acceptors (Lipinski definition) is 3. The molecule has 0 amide bonds. The maximum atomic E-state index is 11.3. The molecule has 0 aliphatic rings. The molecule has 1 rings (SSSR count). The lowest BCUT2D eigenvalue weighted by Gasteiger charge is -2.30. The van der Waals surface area contributed by atoms with E-state index in [1.165, 1.54) is 6.92 Å². The van der Waals surface area contributed by atoms with E-state index in [0.29, 0.717) is 17.2 Å². The second-order valence-corrected chi connectivity index (χ2v) is 4.72. The topological polar surface area (TPSA) is 29.5 Å². The lowest BCUT2D eigenvalue weighted by Crippen LogP contribution is -2.36. The van der Waals surface area contributed by atoms with Crippen LogP contribution in [0.25, 0.3) is 0 Å². The highest BCUT2D eigenvalue weighted by molar-refractivity contribution is 6.33. The number of rotatable bonds is 6. The van der Waals surface area contributed by atoms with E-state index in [2.05, 4.69) is 18.7 Å². The molecule has 0 aliphatic carbocycles. The number of ketones is 1. The summed E-state index contributed by atoms with van der Waals surface area (Å²) in [6, 6.07) is 5.67. The van der Waals surface area contributed by atoms with Crippen molar-refractivity contribution in [2.45, 2.75) is 26.8 Å². The predicted molar refractivity (Wildman–Crippen MR) is 75.8 cm³/mol. The Morgan fingerprint density at radius 3 is 2.61 bits per heavy atom. The molecule has 3 nitrogen and oxygen atoms in total. The van der Waals surface area contributed by atoms with Crippen molar-refractivity contribution in [3.05, 3.63) is 28.8 Å². The Hall–Kier alpha value is -1.06. The van der Waals surface area contributed by atoms with Crippen LogP contribution in [-0.2, 0) is 4.74 Å². The number of benzene rings is 1. The van der Waals surface area contributed by atoms with E-state index in [0.717, 1.165) is 12.2 Å². The minimum Gasteiger partial charge on any atom is -0.383 e. The first-order chi connectivity index (χ1) is 8.51. The molecular formula is C14H20ClNO2. The normalized spacial score (nSPS) is 12.3. The largest absolute Gasteiger partial charge is 0.383 e. The van der Waals surface area contributed by atoms with Gasteiger partial charge in [0.2, 0.25) is 0 Å². The molecule has 4 heteroatoms. The molecule has 1 atom stereocenters. The van der Waals surface area contributed by atoms with Crippen LogP contribution in [0.5, 0.6) is 0 Å². The first-order valence-corrected chi connectivity index (χ1v) is 6.45. The summed E-state index contributed by atoms with van der Waals surface area (Å²) in [7, 11) is 1.69. The zero-order valence-corrected chi connectivity index (χ0v) is 12.1. The molecule has 0 saturated heterocycles. The van der Waals surface area contributed by atoms with Crippen LogP contribution < -0.4 is 4.90 Å². The molecule has 1 aromatic rings. The van der Waals surface area contributed by atoms with E-state index in [-0.39, 0.29) is 11.8 Å². The second kappa shape index (κ2) is 6.76. The van der Waals surface area contributed by atoms with Gasteiger partial charge in [-0.1, -0.05) is 11.6 Å². The summed E-state index contributed by atoms with van der Waals surface area (Å²) in [5, 5.41) is 0.604. The lowest BCUT2D eigenvalue weighted by atomic mass is 10.1. The van der Waals surface area contributed by atoms with Crippen molar-refractivity contribution in [3.8, 4) is 0 Å². The molecule has 0 fully saturated rings. The Bertz CT molecular complexity index is 420. The maximum Gasteiger partial charge on any atom is 0.159 e. The van der Waals surface area contributed by atoms with Crippen LogP contribution >= 0.6 is 11.6 Å². The summed E-state index contributed by atoms with van der Waals surface area (Å²) in [5.74, 6) is 0.0245. The summed E-state index contributed by atoms with van der Waals surface area (Å²) in [6.07, 6.45) is 0. The Morgan fingerprint density at radius 2 is 2.17 bits per heavy atom. The van der Waals surface area contributed by atoms with Crippen LogP contribution in [0.2, 0.25) is 5.02 Å². The molecule has 1 aromatic carbocycles. The summed E-state index contributed by atoms with van der Waals surface area (Å²) >= 11 is 6.26. The molecule has 0 radical (unpaired) electrons. The van der Waals surface area contributed by atoms with Gasteiger partial charge in [0.05, 0.1) is 17.3 Å². The summed E-state index contributed by atoms with van der Waals surface area (Å²) in [4.78, 5) is 13.5. The van der Waals surface area contributed by atoms with E-state index in [1.54, 1.807) is 13.2 Å². The molecule has 100 valence electrons. The maximum absolute atomic E-state index is 11.3. The van der Waals surface area contributed by atoms with E-state index in [9.17, 15) is 4.79 Å². The monoisotopic (exact) mass is 269 g/mol. The molecule has 0 saturated carbocycles. The number of anilines is 1. The van der Waals surface area contributed by atoms with Gasteiger partial charge in [-0.05, 0) is 39.0 Å². The number of nitrogens with zero attached hydrogens (tertiary/aromatic N) is 1. The summed E-state index contributed by atoms with van der Waals surface area (Å²) < 4.78 is 5.17. The first kappa shape index (κ1) is 15.0. The van der Waals surface area contributed by atoms with Crippen LogP contribution in [0.1, 0.15) is 31.1 Å². The van der Waals surface area contributed by atoms with Crippen LogP contribution in [0.3, 0.4) is 0 Å². The quantitative estimate of drug-likeness (QED) is 0.742. The third-order valence-electron chi connectivity index (χ3n) is 2.94. The Morgan fingerprint density at radius 1 is 1.50 bits per heavy atom. The Labute approximate surface area is 114 Å². The van der Waals surface area contributed by atoms with Crippen molar-refractivity contribution in [2.24, 2.45) is 0 Å². The fraction of sp³-hybridized carbons (Fsp3) is 0.500. The standard InChI is InChI=1S/C14H20ClNO2/c1-5-16(10(2)9-18-4)14-7-6-12(11(3)17)8-13(14)15/h6-8,10H,5,9H2,1-4H3. The van der Waals surface area contributed by atoms with Crippen molar-refractivity contribution in [2.75, 3.05) is 25.2 Å². The van der Waals surface area contributed by atoms with Gasteiger partial charge in [-0.15, -0.1) is 0 Å². The van der Waals surface area contributed by atoms with Gasteiger partial charge in [-0.3, -0.25) is 4.79 Å². The van der Waals surface area contributed by atoms with Gasteiger partial charge in [0.1, 0.15) is 0 Å². The highest BCUT2D eigenvalue weighted by Crippen LogP contribution is 2.28. The smallest absolute Gasteiger partial charge is 0.159 e. The molecule has 0 aromatic heterocycles. The fourth-order valence-corrected chi connectivity index (χ4v) is 2.30. The van der Waals surface area contributed by atoms with Gasteiger partial charge in [0.25, 0.3) is 0 Å². The third kappa shape index (κ3) is 3.47. The number of ether oxygens (including phenoxy) is 1. The van der Waals surface area contributed by atoms with Crippen molar-refractivity contribution in [3.63, 3.8) is 0 Å². The molecule has 0 aliphatic heterocycles. The zero-order chi connectivity index (χ0) is 13.7. The number of Topliss-reactive ketones (excluding diaryl/α,β-unsaturated/α-hetero) is 1. The number of methoxy groups -OCH3 is 1. The van der Waals surface area contributed by atoms with Gasteiger partial charge >= 0.3 is 0 Å². The second-order valence-electron chi connectivity index (χ2n) is 4.31. The van der Waals surface area contributed by atoms with Crippen LogP contribution in [0.4, 0.5) is 5.69 Å². The number of halogens is 1. The van der Waals surface area contributed by atoms with Gasteiger partial charge < -0.3 is 9.64 Å². The zero-order valence-electron chi connectivity index (χ0n) is 11.4. The van der Waals surface area contributed by atoms with Gasteiger partial charge in [0, 0.05) is 25.3 Å². The first-order valence-electron chi connectivity index (χ1n) is 6.07. The van der Waals surface area contributed by atoms with E-state index >= 15 is 0 Å². The van der Waals surface area contributed by atoms with Crippen molar-refractivity contribution in [1.29, 1.82) is 0 Å². The van der Waals surface area contributed by atoms with Gasteiger partial charge in [-0.2, -0.15) is 0 Å². The molecule has 0 N–H and O–H groups in total. The van der Waals surface area contributed by atoms with Crippen LogP contribution in [-0.4, -0.2) is 32.1 Å². The molecule has 0 heterocycles. The highest BCUT2D eigenvalue weighted by Gasteiger charge is 2.16. The Balaban J connectivity index is 3.03. The minimum absolute atomic E-state index is 0.0245. The van der Waals surface area contributed by atoms with E-state index in [4.69, 9.17) is 16.3 Å². The summed E-state index contributed by atoms with van der Waals surface area (Å²) in [6.45, 7) is 7.17. The van der Waals surface area contributed by atoms with E-state index in [1.807, 2.05) is 12.1 Å². The number of likely N-dealkylation sites (N-methyl/N-ethyl adjacent to an activating group) is 1. The molecular weight excluding hydrogens is 250 g/mol. The van der Waals surface area contributed by atoms with E-state index < -0.39 is 0 Å². The summed E-state index contributed by atoms with van der Waals surface area (Å²) in [5.41, 5.74) is 1.58. The average Bonchev–Trinajstić information content (AvgIpc) is 2.32. The lowest BCUT2D eigenvalue weighted by molar-refractivity contribution is 0.101. The molecule has 1 unspecified atom stereocenters. The minimum atomic E-state index is 0.0245. The number of carbonyl (C=O) groups is 1. The number of carbonyl (C=O) groups excluding carboxylic acids is 1. The average molecular weight is 270 g/mol. The third-order valence-corrected chi connectivity index (χ3v) is 3.25. The highest BCUT2D eigenvalue weighted by atomic mass is 35.5. The van der Waals surface area contributed by atoms with Crippen molar-refractivity contribution < 1.29 is 9.53 Å². The van der Waals surface area contributed by atoms with Crippen LogP contribution in [0, 0.1) is 0 Å². The van der Waals surface area contributed by atoms with Gasteiger partial charge in [-0.25, -0.2) is 0 Å². The van der Waals surface area contributed by atoms with Crippen molar-refractivity contribution >= 4 is 23.1 Å². The number of hydrogen-bond donors (Lipinski definition) is 0. The Kier molecular flexibility index (Phi) is 5.63. The molecule has 18 heavy (non-hydrogen) atoms. The van der Waals surface area contributed by atoms with Crippen molar-refractivity contribution in [1.82, 2.24) is 0 Å². The molecule has 0 bridgehead atoms. The SMILES string of the molecule is CCN(c1ccc(C(C)=O)cc1Cl)C(C)COC. The molecule has 0 spiro atoms. The predicted octanol–water partition coefficient (Wildman–Crippen LogP) is 3.40. The van der Waals surface area contributed by atoms with Crippen LogP contribution in [0.15, 0.2) is 18.2 Å².